The number of aldehydes is 1. The number of rotatable bonds is 4. The minimum Gasteiger partial charge on any atom is -0.383 e. The Kier molecular flexibility index (Phi) is 3.43. The molecule has 5 heteroatoms. The van der Waals surface area contributed by atoms with Crippen molar-refractivity contribution in [3.8, 4) is 11.3 Å². The molecule has 2 N–H and O–H groups in total. The van der Waals surface area contributed by atoms with Crippen LogP contribution in [0.25, 0.3) is 11.3 Å². The predicted molar refractivity (Wildman–Crippen MR) is 69.2 cm³/mol. The van der Waals surface area contributed by atoms with E-state index in [9.17, 15) is 4.79 Å². The van der Waals surface area contributed by atoms with Gasteiger partial charge in [0.05, 0.1) is 5.56 Å². The Bertz CT molecular complexity index is 558. The van der Waals surface area contributed by atoms with Crippen molar-refractivity contribution < 1.29 is 9.53 Å². The summed E-state index contributed by atoms with van der Waals surface area (Å²) in [6.07, 6.45) is 0.726. The van der Waals surface area contributed by atoms with Crippen LogP contribution in [0.3, 0.4) is 0 Å². The number of aryl methyl sites for hydroxylation is 1. The van der Waals surface area contributed by atoms with E-state index in [1.165, 1.54) is 4.68 Å². The molecule has 0 aliphatic heterocycles. The summed E-state index contributed by atoms with van der Waals surface area (Å²) in [5.41, 5.74) is 8.85. The molecular formula is C13H15N3O2. The van der Waals surface area contributed by atoms with Gasteiger partial charge in [0.25, 0.3) is 0 Å². The molecule has 0 atom stereocenters. The first-order chi connectivity index (χ1) is 8.67. The molecule has 94 valence electrons. The molecule has 0 radical (unpaired) electrons. The molecule has 1 heterocycles. The molecule has 0 saturated heterocycles. The van der Waals surface area contributed by atoms with Crippen LogP contribution in [0.4, 0.5) is 5.82 Å². The van der Waals surface area contributed by atoms with Crippen LogP contribution in [0, 0.1) is 6.92 Å². The van der Waals surface area contributed by atoms with Crippen molar-refractivity contribution in [3.63, 3.8) is 0 Å². The zero-order valence-corrected chi connectivity index (χ0v) is 10.4. The van der Waals surface area contributed by atoms with Crippen LogP contribution in [-0.2, 0) is 11.5 Å². The van der Waals surface area contributed by atoms with E-state index >= 15 is 0 Å². The zero-order valence-electron chi connectivity index (χ0n) is 10.4. The third-order valence-corrected chi connectivity index (χ3v) is 2.72. The van der Waals surface area contributed by atoms with Crippen molar-refractivity contribution in [2.75, 3.05) is 12.8 Å². The molecule has 5 nitrogen and oxygen atoms in total. The van der Waals surface area contributed by atoms with Gasteiger partial charge >= 0.3 is 0 Å². The molecule has 0 saturated carbocycles. The molecule has 0 amide bonds. The smallest absolute Gasteiger partial charge is 0.156 e. The first-order valence-electron chi connectivity index (χ1n) is 5.54. The second-order valence-corrected chi connectivity index (χ2v) is 4.05. The fraction of sp³-hybridized carbons (Fsp3) is 0.231. The van der Waals surface area contributed by atoms with Gasteiger partial charge in [0.1, 0.15) is 18.2 Å². The highest BCUT2D eigenvalue weighted by Gasteiger charge is 2.16. The Morgan fingerprint density at radius 3 is 2.61 bits per heavy atom. The summed E-state index contributed by atoms with van der Waals surface area (Å²) in [7, 11) is 1.55. The molecule has 1 aromatic heterocycles. The number of anilines is 1. The second-order valence-electron chi connectivity index (χ2n) is 4.05. The molecule has 2 rings (SSSR count). The number of nitrogens with two attached hydrogens (primary N) is 1. The van der Waals surface area contributed by atoms with E-state index in [2.05, 4.69) is 5.10 Å². The van der Waals surface area contributed by atoms with Crippen LogP contribution in [0.5, 0.6) is 0 Å². The topological polar surface area (TPSA) is 70.1 Å². The van der Waals surface area contributed by atoms with Gasteiger partial charge in [-0.25, -0.2) is 4.68 Å². The fourth-order valence-electron chi connectivity index (χ4n) is 1.75. The third-order valence-electron chi connectivity index (χ3n) is 2.72. The molecule has 0 unspecified atom stereocenters. The number of carbonyl (C=O) groups is 1. The van der Waals surface area contributed by atoms with Crippen LogP contribution in [0.2, 0.25) is 0 Å². The van der Waals surface area contributed by atoms with E-state index in [0.29, 0.717) is 17.1 Å². The number of methoxy groups -OCH3 is 1. The Hall–Kier alpha value is -2.14. The molecule has 0 spiro atoms. The molecular weight excluding hydrogens is 230 g/mol. The summed E-state index contributed by atoms with van der Waals surface area (Å²) in [6.45, 7) is 2.22. The molecule has 0 bridgehead atoms. The highest BCUT2D eigenvalue weighted by molar-refractivity contribution is 5.91. The van der Waals surface area contributed by atoms with Crippen molar-refractivity contribution in [1.29, 1.82) is 0 Å². The number of hydrogen-bond donors (Lipinski definition) is 1. The lowest BCUT2D eigenvalue weighted by Crippen LogP contribution is -2.06. The molecule has 0 aliphatic carbocycles. The maximum absolute atomic E-state index is 11.1. The van der Waals surface area contributed by atoms with Crippen molar-refractivity contribution in [2.45, 2.75) is 13.7 Å². The first kappa shape index (κ1) is 12.3. The van der Waals surface area contributed by atoms with Crippen LogP contribution in [0.15, 0.2) is 24.3 Å². The summed E-state index contributed by atoms with van der Waals surface area (Å²) in [6, 6.07) is 7.77. The lowest BCUT2D eigenvalue weighted by molar-refractivity contribution is 0.112. The van der Waals surface area contributed by atoms with Gasteiger partial charge in [0.2, 0.25) is 0 Å². The summed E-state index contributed by atoms with van der Waals surface area (Å²) in [5.74, 6) is 0.322. The van der Waals surface area contributed by atoms with E-state index in [1.807, 2.05) is 31.2 Å². The molecule has 2 aromatic rings. The number of aromatic nitrogens is 2. The van der Waals surface area contributed by atoms with Crippen molar-refractivity contribution in [1.82, 2.24) is 9.78 Å². The Labute approximate surface area is 105 Å². The Morgan fingerprint density at radius 1 is 1.39 bits per heavy atom. The molecule has 18 heavy (non-hydrogen) atoms. The maximum atomic E-state index is 11.1. The lowest BCUT2D eigenvalue weighted by Gasteiger charge is -2.00. The number of carbonyl (C=O) groups excluding carboxylic acids is 1. The van der Waals surface area contributed by atoms with E-state index in [-0.39, 0.29) is 6.73 Å². The van der Waals surface area contributed by atoms with Gasteiger partial charge in [-0.2, -0.15) is 5.10 Å². The highest BCUT2D eigenvalue weighted by Crippen LogP contribution is 2.26. The molecule has 0 fully saturated rings. The van der Waals surface area contributed by atoms with Crippen molar-refractivity contribution >= 4 is 12.1 Å². The predicted octanol–water partition coefficient (Wildman–Crippen LogP) is 1.86. The van der Waals surface area contributed by atoms with Crippen LogP contribution >= 0.6 is 0 Å². The average molecular weight is 245 g/mol. The van der Waals surface area contributed by atoms with Crippen molar-refractivity contribution in [2.24, 2.45) is 0 Å². The maximum Gasteiger partial charge on any atom is 0.156 e. The van der Waals surface area contributed by atoms with Gasteiger partial charge in [0, 0.05) is 12.7 Å². The van der Waals surface area contributed by atoms with Gasteiger partial charge in [-0.1, -0.05) is 29.8 Å². The number of hydrogen-bond acceptors (Lipinski definition) is 4. The Balaban J connectivity index is 2.52. The van der Waals surface area contributed by atoms with E-state index in [1.54, 1.807) is 7.11 Å². The van der Waals surface area contributed by atoms with E-state index in [4.69, 9.17) is 10.5 Å². The van der Waals surface area contributed by atoms with Crippen LogP contribution in [-0.4, -0.2) is 23.2 Å². The number of ether oxygens (including phenoxy) is 1. The SMILES string of the molecule is COCn1nc(-c2ccc(C)cc2)c(C=O)c1N. The normalized spacial score (nSPS) is 10.6. The van der Waals surface area contributed by atoms with E-state index < -0.39 is 0 Å². The largest absolute Gasteiger partial charge is 0.383 e. The summed E-state index contributed by atoms with van der Waals surface area (Å²) < 4.78 is 6.45. The Morgan fingerprint density at radius 2 is 2.06 bits per heavy atom. The first-order valence-corrected chi connectivity index (χ1v) is 5.54. The monoisotopic (exact) mass is 245 g/mol. The quantitative estimate of drug-likeness (QED) is 0.834. The standard InChI is InChI=1S/C13H15N3O2/c1-9-3-5-10(6-4-9)12-11(7-17)13(14)16(15-12)8-18-2/h3-7H,8,14H2,1-2H3. The van der Waals surface area contributed by atoms with Gasteiger partial charge in [0.15, 0.2) is 6.29 Å². The average Bonchev–Trinajstić information content (AvgIpc) is 2.68. The second kappa shape index (κ2) is 5.01. The van der Waals surface area contributed by atoms with E-state index in [0.717, 1.165) is 17.4 Å². The van der Waals surface area contributed by atoms with Gasteiger partial charge in [-0.3, -0.25) is 4.79 Å². The van der Waals surface area contributed by atoms with Crippen LogP contribution in [0.1, 0.15) is 15.9 Å². The van der Waals surface area contributed by atoms with Crippen molar-refractivity contribution in [3.05, 3.63) is 35.4 Å². The fourth-order valence-corrected chi connectivity index (χ4v) is 1.75. The third kappa shape index (κ3) is 2.12. The number of nitrogens with zero attached hydrogens (tertiary/aromatic N) is 2. The lowest BCUT2D eigenvalue weighted by atomic mass is 10.1. The highest BCUT2D eigenvalue weighted by atomic mass is 16.5. The summed E-state index contributed by atoms with van der Waals surface area (Å²) in [5, 5.41) is 4.31. The summed E-state index contributed by atoms with van der Waals surface area (Å²) >= 11 is 0. The van der Waals surface area contributed by atoms with Gasteiger partial charge < -0.3 is 10.5 Å². The number of nitrogen functional groups attached to an aromatic ring is 1. The van der Waals surface area contributed by atoms with Gasteiger partial charge in [-0.15, -0.1) is 0 Å². The molecule has 0 aliphatic rings. The molecule has 1 aromatic carbocycles. The minimum atomic E-state index is 0.221. The minimum absolute atomic E-state index is 0.221. The number of benzene rings is 1. The van der Waals surface area contributed by atoms with Gasteiger partial charge in [-0.05, 0) is 6.92 Å². The summed E-state index contributed by atoms with van der Waals surface area (Å²) in [4.78, 5) is 11.1. The van der Waals surface area contributed by atoms with Crippen LogP contribution < -0.4 is 5.73 Å². The zero-order chi connectivity index (χ0) is 13.1.